The first kappa shape index (κ1) is 14.4. The van der Waals surface area contributed by atoms with Gasteiger partial charge in [-0.15, -0.1) is 0 Å². The van der Waals surface area contributed by atoms with Gasteiger partial charge in [0, 0.05) is 10.5 Å². The van der Waals surface area contributed by atoms with Crippen LogP contribution >= 0.6 is 15.9 Å². The Bertz CT molecular complexity index is 440. The highest BCUT2D eigenvalue weighted by Gasteiger charge is 2.18. The topological polar surface area (TPSA) is 38.3 Å². The van der Waals surface area contributed by atoms with Crippen LogP contribution in [-0.2, 0) is 0 Å². The second-order valence-corrected chi connectivity index (χ2v) is 5.92. The van der Waals surface area contributed by atoms with E-state index in [-0.39, 0.29) is 5.91 Å². The monoisotopic (exact) mass is 325 g/mol. The first-order valence-electron chi connectivity index (χ1n) is 6.85. The highest BCUT2D eigenvalue weighted by atomic mass is 79.9. The van der Waals surface area contributed by atoms with E-state index in [0.717, 1.165) is 17.3 Å². The molecule has 19 heavy (non-hydrogen) atoms. The Morgan fingerprint density at radius 3 is 2.58 bits per heavy atom. The number of ether oxygens (including phenoxy) is 1. The maximum atomic E-state index is 12.3. The van der Waals surface area contributed by atoms with Crippen LogP contribution in [0.15, 0.2) is 22.7 Å². The Kier molecular flexibility index (Phi) is 5.25. The minimum Gasteiger partial charge on any atom is -0.496 e. The van der Waals surface area contributed by atoms with Crippen molar-refractivity contribution >= 4 is 21.8 Å². The van der Waals surface area contributed by atoms with Crippen molar-refractivity contribution in [3.05, 3.63) is 28.2 Å². The molecule has 1 saturated carbocycles. The molecule has 0 spiro atoms. The summed E-state index contributed by atoms with van der Waals surface area (Å²) in [4.78, 5) is 12.3. The van der Waals surface area contributed by atoms with Crippen LogP contribution in [0.3, 0.4) is 0 Å². The van der Waals surface area contributed by atoms with Crippen molar-refractivity contribution in [1.82, 2.24) is 5.32 Å². The molecule has 4 heteroatoms. The Labute approximate surface area is 122 Å². The number of hydrogen-bond acceptors (Lipinski definition) is 2. The first-order valence-corrected chi connectivity index (χ1v) is 7.64. The lowest BCUT2D eigenvalue weighted by molar-refractivity contribution is 0.0930. The van der Waals surface area contributed by atoms with E-state index in [1.54, 1.807) is 7.11 Å². The van der Waals surface area contributed by atoms with Gasteiger partial charge in [-0.05, 0) is 31.0 Å². The third-order valence-corrected chi connectivity index (χ3v) is 4.09. The first-order chi connectivity index (χ1) is 9.20. The van der Waals surface area contributed by atoms with E-state index < -0.39 is 0 Å². The zero-order valence-electron chi connectivity index (χ0n) is 11.2. The van der Waals surface area contributed by atoms with Crippen molar-refractivity contribution in [1.29, 1.82) is 0 Å². The van der Waals surface area contributed by atoms with E-state index in [2.05, 4.69) is 21.2 Å². The molecule has 104 valence electrons. The maximum absolute atomic E-state index is 12.3. The number of carbonyl (C=O) groups excluding carboxylic acids is 1. The molecule has 0 saturated heterocycles. The predicted molar refractivity (Wildman–Crippen MR) is 79.7 cm³/mol. The Morgan fingerprint density at radius 1 is 1.26 bits per heavy atom. The molecule has 0 atom stereocenters. The number of amides is 1. The van der Waals surface area contributed by atoms with E-state index >= 15 is 0 Å². The Balaban J connectivity index is 2.08. The van der Waals surface area contributed by atoms with Crippen LogP contribution in [0.25, 0.3) is 0 Å². The molecule has 0 aromatic heterocycles. The van der Waals surface area contributed by atoms with E-state index in [4.69, 9.17) is 4.74 Å². The second-order valence-electron chi connectivity index (χ2n) is 5.01. The smallest absolute Gasteiger partial charge is 0.255 e. The van der Waals surface area contributed by atoms with Gasteiger partial charge in [-0.25, -0.2) is 0 Å². The number of nitrogens with one attached hydrogen (secondary N) is 1. The Morgan fingerprint density at radius 2 is 1.95 bits per heavy atom. The summed E-state index contributed by atoms with van der Waals surface area (Å²) in [6.07, 6.45) is 7.16. The van der Waals surface area contributed by atoms with Gasteiger partial charge < -0.3 is 10.1 Å². The lowest BCUT2D eigenvalue weighted by Crippen LogP contribution is -2.34. The zero-order chi connectivity index (χ0) is 13.7. The third kappa shape index (κ3) is 3.96. The molecular weight excluding hydrogens is 306 g/mol. The molecule has 0 aliphatic heterocycles. The predicted octanol–water partition coefficient (Wildman–Crippen LogP) is 3.91. The number of halogens is 1. The number of methoxy groups -OCH3 is 1. The molecule has 3 nitrogen and oxygen atoms in total. The van der Waals surface area contributed by atoms with Crippen molar-refractivity contribution in [2.45, 2.75) is 44.6 Å². The fraction of sp³-hybridized carbons (Fsp3) is 0.533. The van der Waals surface area contributed by atoms with Gasteiger partial charge in [0.05, 0.1) is 12.7 Å². The molecule has 1 aliphatic carbocycles. The summed E-state index contributed by atoms with van der Waals surface area (Å²) in [5.74, 6) is 0.583. The molecule has 1 aromatic rings. The minimum absolute atomic E-state index is 0.0370. The summed E-state index contributed by atoms with van der Waals surface area (Å²) in [6.45, 7) is 0. The van der Waals surface area contributed by atoms with Gasteiger partial charge in [-0.3, -0.25) is 4.79 Å². The highest BCUT2D eigenvalue weighted by Crippen LogP contribution is 2.24. The quantitative estimate of drug-likeness (QED) is 0.855. The number of rotatable bonds is 3. The summed E-state index contributed by atoms with van der Waals surface area (Å²) < 4.78 is 6.14. The summed E-state index contributed by atoms with van der Waals surface area (Å²) in [6, 6.07) is 5.80. The van der Waals surface area contributed by atoms with Gasteiger partial charge in [-0.2, -0.15) is 0 Å². The van der Waals surface area contributed by atoms with Crippen molar-refractivity contribution in [3.8, 4) is 5.75 Å². The lowest BCUT2D eigenvalue weighted by Gasteiger charge is -2.17. The number of carbonyl (C=O) groups is 1. The van der Waals surface area contributed by atoms with E-state index in [1.807, 2.05) is 18.2 Å². The normalized spacial score (nSPS) is 16.7. The van der Waals surface area contributed by atoms with E-state index in [9.17, 15) is 4.79 Å². The highest BCUT2D eigenvalue weighted by molar-refractivity contribution is 9.10. The minimum atomic E-state index is -0.0370. The Hall–Kier alpha value is -1.03. The molecule has 1 aromatic carbocycles. The molecule has 1 N–H and O–H groups in total. The standard InChI is InChI=1S/C15H20BrNO2/c1-19-14-9-8-11(16)10-13(14)15(18)17-12-6-4-2-3-5-7-12/h8-10,12H,2-7H2,1H3,(H,17,18). The van der Waals surface area contributed by atoms with Crippen LogP contribution in [0.1, 0.15) is 48.9 Å². The van der Waals surface area contributed by atoms with Gasteiger partial charge in [-0.1, -0.05) is 41.6 Å². The molecule has 1 amide bonds. The average Bonchev–Trinajstić information content (AvgIpc) is 2.67. The lowest BCUT2D eigenvalue weighted by atomic mass is 10.1. The third-order valence-electron chi connectivity index (χ3n) is 3.60. The van der Waals surface area contributed by atoms with E-state index in [0.29, 0.717) is 17.4 Å². The fourth-order valence-electron chi connectivity index (χ4n) is 2.54. The molecule has 1 aliphatic rings. The van der Waals surface area contributed by atoms with Crippen LogP contribution < -0.4 is 10.1 Å². The fourth-order valence-corrected chi connectivity index (χ4v) is 2.91. The van der Waals surface area contributed by atoms with Gasteiger partial charge in [0.2, 0.25) is 0 Å². The largest absolute Gasteiger partial charge is 0.496 e. The van der Waals surface area contributed by atoms with Crippen LogP contribution in [0.5, 0.6) is 5.75 Å². The maximum Gasteiger partial charge on any atom is 0.255 e. The van der Waals surface area contributed by atoms with Crippen molar-refractivity contribution in [2.24, 2.45) is 0 Å². The molecule has 2 rings (SSSR count). The molecule has 0 bridgehead atoms. The molecule has 1 fully saturated rings. The van der Waals surface area contributed by atoms with Crippen molar-refractivity contribution in [2.75, 3.05) is 7.11 Å². The summed E-state index contributed by atoms with van der Waals surface area (Å²) in [5.41, 5.74) is 0.598. The van der Waals surface area contributed by atoms with Crippen LogP contribution in [0, 0.1) is 0 Å². The van der Waals surface area contributed by atoms with E-state index in [1.165, 1.54) is 25.7 Å². The van der Waals surface area contributed by atoms with Gasteiger partial charge >= 0.3 is 0 Å². The zero-order valence-corrected chi connectivity index (χ0v) is 12.8. The summed E-state index contributed by atoms with van der Waals surface area (Å²) in [7, 11) is 1.59. The van der Waals surface area contributed by atoms with Gasteiger partial charge in [0.15, 0.2) is 0 Å². The summed E-state index contributed by atoms with van der Waals surface area (Å²) in [5, 5.41) is 3.14. The molecule has 0 heterocycles. The van der Waals surface area contributed by atoms with Crippen LogP contribution in [0.2, 0.25) is 0 Å². The summed E-state index contributed by atoms with van der Waals surface area (Å²) >= 11 is 3.40. The molecule has 0 radical (unpaired) electrons. The number of benzene rings is 1. The second kappa shape index (κ2) is 6.94. The van der Waals surface area contributed by atoms with Gasteiger partial charge in [0.1, 0.15) is 5.75 Å². The van der Waals surface area contributed by atoms with Crippen molar-refractivity contribution in [3.63, 3.8) is 0 Å². The van der Waals surface area contributed by atoms with Crippen LogP contribution in [0.4, 0.5) is 0 Å². The SMILES string of the molecule is COc1ccc(Br)cc1C(=O)NC1CCCCCC1. The van der Waals surface area contributed by atoms with Crippen molar-refractivity contribution < 1.29 is 9.53 Å². The van der Waals surface area contributed by atoms with Gasteiger partial charge in [0.25, 0.3) is 5.91 Å². The van der Waals surface area contributed by atoms with Crippen LogP contribution in [-0.4, -0.2) is 19.1 Å². The number of hydrogen-bond donors (Lipinski definition) is 1. The average molecular weight is 326 g/mol. The molecule has 0 unspecified atom stereocenters. The molecular formula is C15H20BrNO2.